The maximum atomic E-state index is 11.8. The molecule has 1 N–H and O–H groups in total. The average Bonchev–Trinajstić information content (AvgIpc) is 2.84. The summed E-state index contributed by atoms with van der Waals surface area (Å²) in [6.45, 7) is 7.32. The molecular formula is C14H19NO. The lowest BCUT2D eigenvalue weighted by Crippen LogP contribution is -2.26. The number of aryl methyl sites for hydroxylation is 1. The van der Waals surface area contributed by atoms with Crippen LogP contribution in [-0.2, 0) is 0 Å². The highest BCUT2D eigenvalue weighted by molar-refractivity contribution is 5.94. The smallest absolute Gasteiger partial charge is 0.251 e. The van der Waals surface area contributed by atoms with Gasteiger partial charge in [0.25, 0.3) is 5.91 Å². The van der Waals surface area contributed by atoms with E-state index in [4.69, 9.17) is 0 Å². The zero-order valence-electron chi connectivity index (χ0n) is 10.2. The molecule has 0 bridgehead atoms. The van der Waals surface area contributed by atoms with E-state index in [1.54, 1.807) is 0 Å². The molecule has 0 spiro atoms. The number of benzene rings is 1. The molecule has 1 aliphatic carbocycles. The minimum absolute atomic E-state index is 0.0475. The molecule has 0 radical (unpaired) electrons. The summed E-state index contributed by atoms with van der Waals surface area (Å²) in [5, 5.41) is 3.00. The maximum absolute atomic E-state index is 11.8. The molecule has 2 unspecified atom stereocenters. The predicted octanol–water partition coefficient (Wildman–Crippen LogP) is 2.63. The normalized spacial score (nSPS) is 27.6. The molecule has 1 aromatic carbocycles. The van der Waals surface area contributed by atoms with E-state index in [-0.39, 0.29) is 5.91 Å². The molecule has 2 atom stereocenters. The van der Waals surface area contributed by atoms with E-state index >= 15 is 0 Å². The largest absolute Gasteiger partial charge is 0.352 e. The van der Waals surface area contributed by atoms with Gasteiger partial charge in [-0.25, -0.2) is 0 Å². The predicted molar refractivity (Wildman–Crippen MR) is 65.3 cm³/mol. The molecule has 1 saturated carbocycles. The van der Waals surface area contributed by atoms with E-state index in [2.05, 4.69) is 19.2 Å². The van der Waals surface area contributed by atoms with Crippen LogP contribution < -0.4 is 5.32 Å². The van der Waals surface area contributed by atoms with Crippen LogP contribution >= 0.6 is 0 Å². The molecule has 1 aliphatic rings. The maximum Gasteiger partial charge on any atom is 0.251 e. The van der Waals surface area contributed by atoms with Crippen LogP contribution in [0.3, 0.4) is 0 Å². The molecule has 16 heavy (non-hydrogen) atoms. The van der Waals surface area contributed by atoms with Gasteiger partial charge >= 0.3 is 0 Å². The summed E-state index contributed by atoms with van der Waals surface area (Å²) >= 11 is 0. The fraction of sp³-hybridized carbons (Fsp3) is 0.500. The SMILES string of the molecule is Cc1ccc(C(=O)NCC2C(C)C2C)cc1. The standard InChI is InChI=1S/C14H19NO/c1-9-4-6-12(7-5-9)14(16)15-8-13-10(2)11(13)3/h4-7,10-11,13H,8H2,1-3H3,(H,15,16). The number of carbonyl (C=O) groups is 1. The molecule has 1 amide bonds. The Balaban J connectivity index is 1.86. The minimum atomic E-state index is 0.0475. The van der Waals surface area contributed by atoms with Crippen LogP contribution in [0, 0.1) is 24.7 Å². The van der Waals surface area contributed by atoms with Crippen LogP contribution in [0.4, 0.5) is 0 Å². The lowest BCUT2D eigenvalue weighted by Gasteiger charge is -2.04. The molecule has 0 saturated heterocycles. The van der Waals surface area contributed by atoms with Gasteiger partial charge in [-0.05, 0) is 36.8 Å². The van der Waals surface area contributed by atoms with Gasteiger partial charge < -0.3 is 5.32 Å². The van der Waals surface area contributed by atoms with Crippen molar-refractivity contribution in [1.82, 2.24) is 5.32 Å². The molecule has 2 rings (SSSR count). The lowest BCUT2D eigenvalue weighted by atomic mass is 10.1. The minimum Gasteiger partial charge on any atom is -0.352 e. The summed E-state index contributed by atoms with van der Waals surface area (Å²) in [4.78, 5) is 11.8. The molecule has 1 aromatic rings. The van der Waals surface area contributed by atoms with Gasteiger partial charge in [0.05, 0.1) is 0 Å². The summed E-state index contributed by atoms with van der Waals surface area (Å²) < 4.78 is 0. The third-order valence-corrected chi connectivity index (χ3v) is 3.85. The van der Waals surface area contributed by atoms with Crippen molar-refractivity contribution in [3.05, 3.63) is 35.4 Å². The number of hydrogen-bond donors (Lipinski definition) is 1. The quantitative estimate of drug-likeness (QED) is 0.828. The molecular weight excluding hydrogens is 198 g/mol. The third-order valence-electron chi connectivity index (χ3n) is 3.85. The number of hydrogen-bond acceptors (Lipinski definition) is 1. The Morgan fingerprint density at radius 1 is 1.19 bits per heavy atom. The van der Waals surface area contributed by atoms with Crippen molar-refractivity contribution in [2.75, 3.05) is 6.54 Å². The van der Waals surface area contributed by atoms with Crippen LogP contribution in [0.5, 0.6) is 0 Å². The summed E-state index contributed by atoms with van der Waals surface area (Å²) in [5.74, 6) is 2.25. The Bertz CT molecular complexity index is 374. The van der Waals surface area contributed by atoms with E-state index in [1.807, 2.05) is 31.2 Å². The van der Waals surface area contributed by atoms with Gasteiger partial charge in [-0.2, -0.15) is 0 Å². The van der Waals surface area contributed by atoms with E-state index in [9.17, 15) is 4.79 Å². The van der Waals surface area contributed by atoms with Gasteiger partial charge in [-0.15, -0.1) is 0 Å². The zero-order valence-corrected chi connectivity index (χ0v) is 10.2. The molecule has 2 heteroatoms. The van der Waals surface area contributed by atoms with Crippen molar-refractivity contribution in [2.24, 2.45) is 17.8 Å². The molecule has 0 heterocycles. The van der Waals surface area contributed by atoms with Crippen molar-refractivity contribution >= 4 is 5.91 Å². The van der Waals surface area contributed by atoms with Crippen molar-refractivity contribution in [3.63, 3.8) is 0 Å². The van der Waals surface area contributed by atoms with Gasteiger partial charge in [0, 0.05) is 12.1 Å². The Morgan fingerprint density at radius 3 is 2.25 bits per heavy atom. The second-order valence-electron chi connectivity index (χ2n) is 4.96. The fourth-order valence-corrected chi connectivity index (χ4v) is 2.15. The van der Waals surface area contributed by atoms with E-state index in [0.717, 1.165) is 23.9 Å². The van der Waals surface area contributed by atoms with Crippen molar-refractivity contribution in [1.29, 1.82) is 0 Å². The monoisotopic (exact) mass is 217 g/mol. The summed E-state index contributed by atoms with van der Waals surface area (Å²) in [7, 11) is 0. The van der Waals surface area contributed by atoms with E-state index < -0.39 is 0 Å². The first-order chi connectivity index (χ1) is 7.59. The Kier molecular flexibility index (Phi) is 2.99. The Hall–Kier alpha value is -1.31. The van der Waals surface area contributed by atoms with E-state index in [0.29, 0.717) is 5.92 Å². The first kappa shape index (κ1) is 11.2. The van der Waals surface area contributed by atoms with Crippen LogP contribution in [-0.4, -0.2) is 12.5 Å². The third kappa shape index (κ3) is 2.26. The highest BCUT2D eigenvalue weighted by Gasteiger charge is 2.42. The van der Waals surface area contributed by atoms with Crippen LogP contribution in [0.1, 0.15) is 29.8 Å². The second kappa shape index (κ2) is 4.28. The topological polar surface area (TPSA) is 29.1 Å². The number of amides is 1. The highest BCUT2D eigenvalue weighted by atomic mass is 16.1. The van der Waals surface area contributed by atoms with Gasteiger partial charge in [-0.3, -0.25) is 4.79 Å². The average molecular weight is 217 g/mol. The van der Waals surface area contributed by atoms with Gasteiger partial charge in [0.1, 0.15) is 0 Å². The van der Waals surface area contributed by atoms with Crippen molar-refractivity contribution < 1.29 is 4.79 Å². The first-order valence-electron chi connectivity index (χ1n) is 5.94. The summed E-state index contributed by atoms with van der Waals surface area (Å²) in [6.07, 6.45) is 0. The second-order valence-corrected chi connectivity index (χ2v) is 4.96. The van der Waals surface area contributed by atoms with Gasteiger partial charge in [0.15, 0.2) is 0 Å². The molecule has 0 aromatic heterocycles. The number of rotatable bonds is 3. The highest BCUT2D eigenvalue weighted by Crippen LogP contribution is 2.44. The number of nitrogens with one attached hydrogen (secondary N) is 1. The van der Waals surface area contributed by atoms with Crippen LogP contribution in [0.25, 0.3) is 0 Å². The van der Waals surface area contributed by atoms with Crippen LogP contribution in [0.15, 0.2) is 24.3 Å². The Labute approximate surface area is 97.1 Å². The van der Waals surface area contributed by atoms with Crippen molar-refractivity contribution in [2.45, 2.75) is 20.8 Å². The molecule has 2 nitrogen and oxygen atoms in total. The first-order valence-corrected chi connectivity index (χ1v) is 5.94. The number of carbonyl (C=O) groups excluding carboxylic acids is 1. The molecule has 0 aliphatic heterocycles. The van der Waals surface area contributed by atoms with Gasteiger partial charge in [-0.1, -0.05) is 31.5 Å². The van der Waals surface area contributed by atoms with Crippen LogP contribution in [0.2, 0.25) is 0 Å². The lowest BCUT2D eigenvalue weighted by molar-refractivity contribution is 0.0951. The summed E-state index contributed by atoms with van der Waals surface area (Å²) in [5.41, 5.74) is 1.94. The fourth-order valence-electron chi connectivity index (χ4n) is 2.15. The van der Waals surface area contributed by atoms with E-state index in [1.165, 1.54) is 5.56 Å². The molecule has 1 fully saturated rings. The Morgan fingerprint density at radius 2 is 1.75 bits per heavy atom. The summed E-state index contributed by atoms with van der Waals surface area (Å²) in [6, 6.07) is 7.70. The van der Waals surface area contributed by atoms with Crippen molar-refractivity contribution in [3.8, 4) is 0 Å². The zero-order chi connectivity index (χ0) is 11.7. The van der Waals surface area contributed by atoms with Gasteiger partial charge in [0.2, 0.25) is 0 Å². The molecule has 86 valence electrons.